The number of amides is 2. The standard InChI is InChI=1S/C34H52N18O2.4ClH/c1-6-7-8-9-10-11-28(29(53)43-26-14-22(18(2)45-49-31(35)36)12-23(15-26)19(3)46-50-32(37)38)30(54)44-27-16-24(20(4)47-51-33(39)40)13-25(17-27)21(5)48-52-34(41)42;;;;/h12-17,28H,6-11H2,1-5H3,(H,43,53)(H,44,54)(H4,35,36,49)(H4,37,38,50)(H4,39,40,51)(H4,41,42,52);4*1H/b45-18-,46-19+,47-20-,48-21+;;;;. The first-order chi connectivity index (χ1) is 25.5. The Morgan fingerprint density at radius 1 is 0.466 bits per heavy atom. The van der Waals surface area contributed by atoms with Crippen LogP contribution in [0.2, 0.25) is 0 Å². The Morgan fingerprint density at radius 3 is 1.00 bits per heavy atom. The van der Waals surface area contributed by atoms with Gasteiger partial charge >= 0.3 is 0 Å². The quantitative estimate of drug-likeness (QED) is 0.0343. The number of carbonyl (C=O) groups excluding carboxylic acids is 2. The Morgan fingerprint density at radius 2 is 0.741 bits per heavy atom. The lowest BCUT2D eigenvalue weighted by Crippen LogP contribution is -2.34. The van der Waals surface area contributed by atoms with Crippen molar-refractivity contribution in [1.82, 2.24) is 0 Å². The molecule has 322 valence electrons. The minimum atomic E-state index is -1.11. The van der Waals surface area contributed by atoms with E-state index in [0.717, 1.165) is 25.7 Å². The summed E-state index contributed by atoms with van der Waals surface area (Å²) in [6.07, 6.45) is 4.78. The first kappa shape index (κ1) is 56.6. The third-order valence-electron chi connectivity index (χ3n) is 7.56. The van der Waals surface area contributed by atoms with Gasteiger partial charge in [0.15, 0.2) is 0 Å². The number of unbranched alkanes of at least 4 members (excludes halogenated alkanes) is 4. The molecule has 0 saturated heterocycles. The minimum absolute atomic E-state index is 0. The molecule has 24 heteroatoms. The molecular formula is C34H56Cl4N18O2. The first-order valence-electron chi connectivity index (χ1n) is 17.0. The molecule has 2 rings (SSSR count). The molecule has 0 aromatic heterocycles. The number of nitrogens with zero attached hydrogens (tertiary/aromatic N) is 8. The molecular weight excluding hydrogens is 834 g/mol. The van der Waals surface area contributed by atoms with E-state index < -0.39 is 17.7 Å². The SMILES string of the molecule is CCCCCCCC(C(=O)Nc1cc(/C(C)=N\N=C(N)N)cc(/C(C)=N/N=C(N)N)c1)C(=O)Nc1cc(/C(C)=N\N=C(N)N)cc(/C(C)=N/N=C(N)N)c1.Cl.Cl.Cl.Cl. The first-order valence-corrected chi connectivity index (χ1v) is 17.0. The molecule has 0 aliphatic carbocycles. The summed E-state index contributed by atoms with van der Waals surface area (Å²) in [6.45, 7) is 8.84. The van der Waals surface area contributed by atoms with E-state index in [1.54, 1.807) is 64.1 Å². The number of hydrogen-bond donors (Lipinski definition) is 10. The topological polar surface area (TPSA) is 365 Å². The van der Waals surface area contributed by atoms with Gasteiger partial charge in [-0.05, 0) is 70.5 Å². The summed E-state index contributed by atoms with van der Waals surface area (Å²) in [5.74, 6) is -3.13. The van der Waals surface area contributed by atoms with Gasteiger partial charge < -0.3 is 56.5 Å². The largest absolute Gasteiger partial charge is 0.369 e. The van der Waals surface area contributed by atoms with Crippen LogP contribution in [0.4, 0.5) is 11.4 Å². The van der Waals surface area contributed by atoms with Crippen molar-refractivity contribution in [3.05, 3.63) is 58.7 Å². The van der Waals surface area contributed by atoms with Crippen LogP contribution in [0.1, 0.15) is 95.4 Å². The van der Waals surface area contributed by atoms with E-state index in [1.165, 1.54) is 0 Å². The van der Waals surface area contributed by atoms with Crippen LogP contribution >= 0.6 is 49.6 Å². The van der Waals surface area contributed by atoms with E-state index in [1.807, 2.05) is 0 Å². The maximum absolute atomic E-state index is 14.0. The van der Waals surface area contributed by atoms with Crippen molar-refractivity contribution in [2.75, 3.05) is 10.6 Å². The van der Waals surface area contributed by atoms with Crippen molar-refractivity contribution in [2.45, 2.75) is 73.1 Å². The second-order valence-electron chi connectivity index (χ2n) is 12.2. The molecule has 0 bridgehead atoms. The number of halogens is 4. The van der Waals surface area contributed by atoms with Crippen molar-refractivity contribution in [1.29, 1.82) is 0 Å². The van der Waals surface area contributed by atoms with Gasteiger partial charge in [0, 0.05) is 33.6 Å². The normalized spacial score (nSPS) is 11.3. The Balaban J connectivity index is -0.00000756. The minimum Gasteiger partial charge on any atom is -0.369 e. The van der Waals surface area contributed by atoms with E-state index in [2.05, 4.69) is 58.4 Å². The van der Waals surface area contributed by atoms with E-state index in [0.29, 0.717) is 62.9 Å². The van der Waals surface area contributed by atoms with Crippen molar-refractivity contribution in [3.8, 4) is 0 Å². The van der Waals surface area contributed by atoms with Gasteiger partial charge in [-0.1, -0.05) is 39.0 Å². The van der Waals surface area contributed by atoms with Crippen molar-refractivity contribution in [2.24, 2.45) is 92.6 Å². The number of nitrogens with one attached hydrogen (secondary N) is 2. The van der Waals surface area contributed by atoms with Crippen LogP contribution in [0.15, 0.2) is 77.2 Å². The third kappa shape index (κ3) is 20.5. The van der Waals surface area contributed by atoms with Gasteiger partial charge in [0.05, 0.1) is 22.8 Å². The Bertz CT molecular complexity index is 1680. The van der Waals surface area contributed by atoms with Gasteiger partial charge in [0.2, 0.25) is 35.7 Å². The van der Waals surface area contributed by atoms with Crippen molar-refractivity contribution in [3.63, 3.8) is 0 Å². The van der Waals surface area contributed by atoms with E-state index >= 15 is 0 Å². The highest BCUT2D eigenvalue weighted by Crippen LogP contribution is 2.23. The highest BCUT2D eigenvalue weighted by atomic mass is 35.5. The molecule has 0 radical (unpaired) electrons. The second kappa shape index (κ2) is 28.7. The highest BCUT2D eigenvalue weighted by molar-refractivity contribution is 6.13. The van der Waals surface area contributed by atoms with Gasteiger partial charge in [-0.15, -0.1) is 70.0 Å². The van der Waals surface area contributed by atoms with Crippen LogP contribution in [0.5, 0.6) is 0 Å². The zero-order valence-electron chi connectivity index (χ0n) is 32.9. The summed E-state index contributed by atoms with van der Waals surface area (Å²) in [4.78, 5) is 28.1. The number of hydrogen-bond acceptors (Lipinski definition) is 10. The van der Waals surface area contributed by atoms with E-state index in [4.69, 9.17) is 45.9 Å². The molecule has 0 saturated carbocycles. The number of rotatable bonds is 18. The summed E-state index contributed by atoms with van der Waals surface area (Å²) in [7, 11) is 0. The number of benzene rings is 2. The highest BCUT2D eigenvalue weighted by Gasteiger charge is 2.27. The molecule has 0 unspecified atom stereocenters. The molecule has 58 heavy (non-hydrogen) atoms. The Labute approximate surface area is 362 Å². The molecule has 2 amide bonds. The number of anilines is 2. The van der Waals surface area contributed by atoms with E-state index in [-0.39, 0.29) is 79.9 Å². The second-order valence-corrected chi connectivity index (χ2v) is 12.2. The van der Waals surface area contributed by atoms with Crippen molar-refractivity contribution < 1.29 is 9.59 Å². The molecule has 0 aliphatic rings. The molecule has 0 heterocycles. The number of guanidine groups is 4. The molecule has 18 N–H and O–H groups in total. The lowest BCUT2D eigenvalue weighted by molar-refractivity contribution is -0.129. The summed E-state index contributed by atoms with van der Waals surface area (Å²) >= 11 is 0. The fraction of sp³-hybridized carbons (Fsp3) is 0.353. The molecule has 0 aliphatic heterocycles. The average Bonchev–Trinajstić information content (AvgIpc) is 3.11. The van der Waals surface area contributed by atoms with Crippen LogP contribution in [-0.2, 0) is 9.59 Å². The van der Waals surface area contributed by atoms with Crippen molar-refractivity contribution >= 4 is 120 Å². The van der Waals surface area contributed by atoms with Gasteiger partial charge in [0.1, 0.15) is 5.92 Å². The number of nitrogens with two attached hydrogens (primary N) is 8. The summed E-state index contributed by atoms with van der Waals surface area (Å²) in [5, 5.41) is 36.9. The maximum Gasteiger partial charge on any atom is 0.236 e. The van der Waals surface area contributed by atoms with Gasteiger partial charge in [-0.3, -0.25) is 9.59 Å². The Hall–Kier alpha value is -5.70. The van der Waals surface area contributed by atoms with Crippen LogP contribution in [0, 0.1) is 5.92 Å². The zero-order chi connectivity index (χ0) is 40.4. The zero-order valence-corrected chi connectivity index (χ0v) is 36.2. The fourth-order valence-electron chi connectivity index (χ4n) is 4.79. The smallest absolute Gasteiger partial charge is 0.236 e. The average molecular weight is 891 g/mol. The summed E-state index contributed by atoms with van der Waals surface area (Å²) in [5.41, 5.74) is 48.3. The predicted octanol–water partition coefficient (Wildman–Crippen LogP) is 2.92. The third-order valence-corrected chi connectivity index (χ3v) is 7.56. The monoisotopic (exact) mass is 888 g/mol. The van der Waals surface area contributed by atoms with Crippen LogP contribution in [-0.4, -0.2) is 58.5 Å². The van der Waals surface area contributed by atoms with Gasteiger partial charge in [-0.2, -0.15) is 20.4 Å². The van der Waals surface area contributed by atoms with E-state index in [9.17, 15) is 9.59 Å². The molecule has 2 aromatic rings. The van der Waals surface area contributed by atoms with Gasteiger partial charge in [-0.25, -0.2) is 0 Å². The maximum atomic E-state index is 14.0. The van der Waals surface area contributed by atoms with Crippen LogP contribution < -0.4 is 56.5 Å². The molecule has 0 atom stereocenters. The van der Waals surface area contributed by atoms with Crippen LogP contribution in [0.3, 0.4) is 0 Å². The van der Waals surface area contributed by atoms with Crippen LogP contribution in [0.25, 0.3) is 0 Å². The number of carbonyl (C=O) groups is 2. The summed E-state index contributed by atoms with van der Waals surface area (Å²) in [6, 6.07) is 10.2. The van der Waals surface area contributed by atoms with Gasteiger partial charge in [0.25, 0.3) is 0 Å². The Kier molecular flexibility index (Phi) is 28.0. The lowest BCUT2D eigenvalue weighted by atomic mass is 9.97. The molecule has 0 spiro atoms. The predicted molar refractivity (Wildman–Crippen MR) is 248 cm³/mol. The fourth-order valence-corrected chi connectivity index (χ4v) is 4.79. The summed E-state index contributed by atoms with van der Waals surface area (Å²) < 4.78 is 0. The lowest BCUT2D eigenvalue weighted by Gasteiger charge is -2.19. The molecule has 0 fully saturated rings. The molecule has 20 nitrogen and oxygen atoms in total. The molecule has 2 aromatic carbocycles.